The van der Waals surface area contributed by atoms with Crippen molar-refractivity contribution in [1.82, 2.24) is 4.57 Å². The van der Waals surface area contributed by atoms with Crippen LogP contribution in [0.3, 0.4) is 0 Å². The molecule has 0 fully saturated rings. The molecular formula is C12H15NO5. The normalized spacial score (nSPS) is 11.9. The summed E-state index contributed by atoms with van der Waals surface area (Å²) in [6, 6.07) is 0.573. The molecule has 1 aromatic heterocycles. The molecule has 0 aliphatic carbocycles. The number of hydrogen-bond donors (Lipinski definition) is 1. The highest BCUT2D eigenvalue weighted by molar-refractivity contribution is 5.87. The Morgan fingerprint density at radius 3 is 2.56 bits per heavy atom. The number of pyridine rings is 1. The van der Waals surface area contributed by atoms with E-state index in [9.17, 15) is 14.4 Å². The summed E-state index contributed by atoms with van der Waals surface area (Å²) in [4.78, 5) is 34.0. The van der Waals surface area contributed by atoms with Crippen LogP contribution in [-0.4, -0.2) is 28.7 Å². The minimum atomic E-state index is -1.31. The summed E-state index contributed by atoms with van der Waals surface area (Å²) in [6.07, 6.45) is 1.63. The number of ether oxygens (including phenoxy) is 1. The van der Waals surface area contributed by atoms with Crippen LogP contribution >= 0.6 is 0 Å². The van der Waals surface area contributed by atoms with Crippen LogP contribution in [-0.2, 0) is 9.53 Å². The second kappa shape index (κ2) is 5.48. The van der Waals surface area contributed by atoms with Crippen molar-refractivity contribution in [2.45, 2.75) is 26.3 Å². The summed E-state index contributed by atoms with van der Waals surface area (Å²) < 4.78 is 6.11. The Balaban J connectivity index is 3.39. The Bertz CT molecular complexity index is 532. The SMILES string of the molecule is CCC(C(=O)OC)n1cc(C(=O)O)c(=O)cc1C. The highest BCUT2D eigenvalue weighted by atomic mass is 16.5. The minimum Gasteiger partial charge on any atom is -0.477 e. The molecule has 0 saturated carbocycles. The third-order valence-electron chi connectivity index (χ3n) is 2.71. The molecule has 18 heavy (non-hydrogen) atoms. The van der Waals surface area contributed by atoms with Crippen molar-refractivity contribution in [2.75, 3.05) is 7.11 Å². The number of esters is 1. The van der Waals surface area contributed by atoms with Gasteiger partial charge < -0.3 is 14.4 Å². The smallest absolute Gasteiger partial charge is 0.341 e. The van der Waals surface area contributed by atoms with Crippen LogP contribution in [0, 0.1) is 6.92 Å². The number of carbonyl (C=O) groups excluding carboxylic acids is 1. The van der Waals surface area contributed by atoms with Gasteiger partial charge in [-0.15, -0.1) is 0 Å². The average molecular weight is 253 g/mol. The number of aryl methyl sites for hydroxylation is 1. The summed E-state index contributed by atoms with van der Waals surface area (Å²) in [7, 11) is 1.26. The van der Waals surface area contributed by atoms with Crippen molar-refractivity contribution in [3.63, 3.8) is 0 Å². The van der Waals surface area contributed by atoms with Crippen LogP contribution in [0.5, 0.6) is 0 Å². The van der Waals surface area contributed by atoms with Gasteiger partial charge in [-0.25, -0.2) is 9.59 Å². The van der Waals surface area contributed by atoms with Gasteiger partial charge in [-0.2, -0.15) is 0 Å². The Morgan fingerprint density at radius 1 is 1.50 bits per heavy atom. The number of hydrogen-bond acceptors (Lipinski definition) is 4. The lowest BCUT2D eigenvalue weighted by atomic mass is 10.1. The predicted molar refractivity (Wildman–Crippen MR) is 63.7 cm³/mol. The first-order valence-electron chi connectivity index (χ1n) is 5.46. The van der Waals surface area contributed by atoms with Gasteiger partial charge >= 0.3 is 11.9 Å². The molecule has 1 unspecified atom stereocenters. The summed E-state index contributed by atoms with van der Waals surface area (Å²) in [5.74, 6) is -1.78. The van der Waals surface area contributed by atoms with Crippen LogP contribution < -0.4 is 5.43 Å². The average Bonchev–Trinajstić information content (AvgIpc) is 2.31. The van der Waals surface area contributed by atoms with Gasteiger partial charge in [0.15, 0.2) is 5.43 Å². The first-order valence-corrected chi connectivity index (χ1v) is 5.46. The third-order valence-corrected chi connectivity index (χ3v) is 2.71. The van der Waals surface area contributed by atoms with Gasteiger partial charge in [-0.05, 0) is 13.3 Å². The molecule has 1 N–H and O–H groups in total. The van der Waals surface area contributed by atoms with E-state index in [1.807, 2.05) is 0 Å². The summed E-state index contributed by atoms with van der Waals surface area (Å²) in [5.41, 5.74) is -0.416. The lowest BCUT2D eigenvalue weighted by Gasteiger charge is -2.19. The number of aromatic carboxylic acids is 1. The number of nitrogens with zero attached hydrogens (tertiary/aromatic N) is 1. The van der Waals surface area contributed by atoms with Crippen LogP contribution in [0.25, 0.3) is 0 Å². The van der Waals surface area contributed by atoms with Crippen molar-refractivity contribution in [2.24, 2.45) is 0 Å². The lowest BCUT2D eigenvalue weighted by Crippen LogP contribution is -2.26. The minimum absolute atomic E-state index is 0.358. The molecule has 0 saturated heterocycles. The Labute approximate surface area is 104 Å². The van der Waals surface area contributed by atoms with Crippen LogP contribution in [0.2, 0.25) is 0 Å². The van der Waals surface area contributed by atoms with Gasteiger partial charge in [-0.1, -0.05) is 6.92 Å². The maximum absolute atomic E-state index is 11.6. The molecule has 98 valence electrons. The van der Waals surface area contributed by atoms with E-state index in [1.165, 1.54) is 23.9 Å². The number of aromatic nitrogens is 1. The predicted octanol–water partition coefficient (Wildman–Crippen LogP) is 0.979. The van der Waals surface area contributed by atoms with Crippen LogP contribution in [0.1, 0.15) is 35.4 Å². The van der Waals surface area contributed by atoms with E-state index in [0.29, 0.717) is 12.1 Å². The first kappa shape index (κ1) is 14.0. The van der Waals surface area contributed by atoms with Gasteiger partial charge in [0.05, 0.1) is 7.11 Å². The van der Waals surface area contributed by atoms with E-state index in [0.717, 1.165) is 0 Å². The van der Waals surface area contributed by atoms with Crippen LogP contribution in [0.15, 0.2) is 17.1 Å². The molecule has 0 aliphatic rings. The Kier molecular flexibility index (Phi) is 4.25. The molecule has 0 aliphatic heterocycles. The van der Waals surface area contributed by atoms with E-state index in [4.69, 9.17) is 5.11 Å². The monoisotopic (exact) mass is 253 g/mol. The molecule has 1 atom stereocenters. The Hall–Kier alpha value is -2.11. The molecule has 1 heterocycles. The van der Waals surface area contributed by atoms with Crippen molar-refractivity contribution in [1.29, 1.82) is 0 Å². The van der Waals surface area contributed by atoms with E-state index in [2.05, 4.69) is 4.74 Å². The molecule has 0 amide bonds. The van der Waals surface area contributed by atoms with E-state index in [-0.39, 0.29) is 5.56 Å². The molecule has 0 radical (unpaired) electrons. The summed E-state index contributed by atoms with van der Waals surface area (Å²) >= 11 is 0. The van der Waals surface area contributed by atoms with Gasteiger partial charge in [0.1, 0.15) is 11.6 Å². The molecule has 1 rings (SSSR count). The highest BCUT2D eigenvalue weighted by Gasteiger charge is 2.21. The number of carboxylic acid groups (broad SMARTS) is 1. The fourth-order valence-electron chi connectivity index (χ4n) is 1.76. The molecule has 0 aromatic carbocycles. The fourth-order valence-corrected chi connectivity index (χ4v) is 1.76. The van der Waals surface area contributed by atoms with Crippen molar-refractivity contribution in [3.8, 4) is 0 Å². The van der Waals surface area contributed by atoms with Gasteiger partial charge in [0, 0.05) is 18.0 Å². The van der Waals surface area contributed by atoms with Gasteiger partial charge in [-0.3, -0.25) is 4.79 Å². The summed E-state index contributed by atoms with van der Waals surface area (Å²) in [5, 5.41) is 8.90. The zero-order valence-corrected chi connectivity index (χ0v) is 10.5. The quantitative estimate of drug-likeness (QED) is 0.808. The highest BCUT2D eigenvalue weighted by Crippen LogP contribution is 2.15. The number of carbonyl (C=O) groups is 2. The molecule has 1 aromatic rings. The maximum Gasteiger partial charge on any atom is 0.341 e. The molecule has 0 bridgehead atoms. The summed E-state index contributed by atoms with van der Waals surface area (Å²) in [6.45, 7) is 3.41. The standard InChI is InChI=1S/C12H15NO5/c1-4-9(12(17)18-3)13-6-8(11(15)16)10(14)5-7(13)2/h5-6,9H,4H2,1-3H3,(H,15,16). The van der Waals surface area contributed by atoms with Gasteiger partial charge in [0.25, 0.3) is 0 Å². The molecule has 0 spiro atoms. The topological polar surface area (TPSA) is 85.6 Å². The van der Waals surface area contributed by atoms with Gasteiger partial charge in [0.2, 0.25) is 0 Å². The maximum atomic E-state index is 11.6. The third kappa shape index (κ3) is 2.58. The van der Waals surface area contributed by atoms with Crippen molar-refractivity contribution >= 4 is 11.9 Å². The van der Waals surface area contributed by atoms with Crippen LogP contribution in [0.4, 0.5) is 0 Å². The van der Waals surface area contributed by atoms with E-state index < -0.39 is 23.4 Å². The zero-order chi connectivity index (χ0) is 13.9. The van der Waals surface area contributed by atoms with E-state index >= 15 is 0 Å². The second-order valence-electron chi connectivity index (χ2n) is 3.85. The number of methoxy groups -OCH3 is 1. The lowest BCUT2D eigenvalue weighted by molar-refractivity contribution is -0.144. The fraction of sp³-hybridized carbons (Fsp3) is 0.417. The molecular weight excluding hydrogens is 238 g/mol. The zero-order valence-electron chi connectivity index (χ0n) is 10.5. The number of carboxylic acids is 1. The van der Waals surface area contributed by atoms with E-state index in [1.54, 1.807) is 13.8 Å². The first-order chi connectivity index (χ1) is 8.42. The van der Waals surface area contributed by atoms with Crippen molar-refractivity contribution < 1.29 is 19.4 Å². The molecule has 6 heteroatoms. The largest absolute Gasteiger partial charge is 0.477 e. The second-order valence-corrected chi connectivity index (χ2v) is 3.85. The molecule has 6 nitrogen and oxygen atoms in total. The Morgan fingerprint density at radius 2 is 2.11 bits per heavy atom. The van der Waals surface area contributed by atoms with Crippen molar-refractivity contribution in [3.05, 3.63) is 33.7 Å². The number of rotatable bonds is 4.